The third-order valence-corrected chi connectivity index (χ3v) is 3.37. The highest BCUT2D eigenvalue weighted by Gasteiger charge is 2.04. The van der Waals surface area contributed by atoms with Crippen molar-refractivity contribution in [3.63, 3.8) is 0 Å². The Bertz CT molecular complexity index is 324. The van der Waals surface area contributed by atoms with Gasteiger partial charge in [-0.2, -0.15) is 0 Å². The second-order valence-corrected chi connectivity index (χ2v) is 5.92. The number of hydrogen-bond acceptors (Lipinski definition) is 3. The van der Waals surface area contributed by atoms with Gasteiger partial charge in [-0.25, -0.2) is 0 Å². The van der Waals surface area contributed by atoms with Gasteiger partial charge in [0.05, 0.1) is 0 Å². The summed E-state index contributed by atoms with van der Waals surface area (Å²) in [7, 11) is 2.17. The molecule has 1 unspecified atom stereocenters. The van der Waals surface area contributed by atoms with Gasteiger partial charge in [-0.1, -0.05) is 13.8 Å². The Kier molecular flexibility index (Phi) is 7.68. The Hall–Kier alpha value is -0.930. The van der Waals surface area contributed by atoms with Crippen LogP contribution >= 0.6 is 0 Å². The molecule has 0 saturated carbocycles. The minimum absolute atomic E-state index is 0.622. The predicted molar refractivity (Wildman–Crippen MR) is 82.1 cm³/mol. The maximum atomic E-state index is 4.04. The van der Waals surface area contributed by atoms with E-state index in [2.05, 4.69) is 55.2 Å². The number of pyridine rings is 1. The van der Waals surface area contributed by atoms with E-state index in [4.69, 9.17) is 0 Å². The molecule has 0 saturated heterocycles. The van der Waals surface area contributed by atoms with Crippen LogP contribution in [0.5, 0.6) is 0 Å². The van der Waals surface area contributed by atoms with Crippen LogP contribution in [0, 0.1) is 5.92 Å². The molecule has 108 valence electrons. The topological polar surface area (TPSA) is 28.2 Å². The van der Waals surface area contributed by atoms with Crippen LogP contribution in [0.1, 0.15) is 39.2 Å². The van der Waals surface area contributed by atoms with E-state index in [1.165, 1.54) is 18.4 Å². The molecule has 1 heterocycles. The zero-order valence-corrected chi connectivity index (χ0v) is 12.9. The highest BCUT2D eigenvalue weighted by atomic mass is 15.1. The van der Waals surface area contributed by atoms with Crippen LogP contribution in [0.15, 0.2) is 24.5 Å². The summed E-state index contributed by atoms with van der Waals surface area (Å²) in [6, 6.07) is 4.78. The standard InChI is InChI=1S/C16H29N3/c1-14(2)5-6-15(3)18-11-12-19(4)13-16-7-9-17-10-8-16/h7-10,14-15,18H,5-6,11-13H2,1-4H3. The molecule has 0 aromatic carbocycles. The summed E-state index contributed by atoms with van der Waals surface area (Å²) in [6.07, 6.45) is 6.29. The molecular weight excluding hydrogens is 234 g/mol. The zero-order valence-electron chi connectivity index (χ0n) is 12.9. The van der Waals surface area contributed by atoms with E-state index in [0.29, 0.717) is 6.04 Å². The first-order valence-corrected chi connectivity index (χ1v) is 7.38. The third kappa shape index (κ3) is 7.96. The number of nitrogens with one attached hydrogen (secondary N) is 1. The number of likely N-dealkylation sites (N-methyl/N-ethyl adjacent to an activating group) is 1. The first-order valence-electron chi connectivity index (χ1n) is 7.38. The van der Waals surface area contributed by atoms with Crippen molar-refractivity contribution in [2.75, 3.05) is 20.1 Å². The van der Waals surface area contributed by atoms with Gasteiger partial charge in [0.1, 0.15) is 0 Å². The molecule has 0 radical (unpaired) electrons. The summed E-state index contributed by atoms with van der Waals surface area (Å²) in [6.45, 7) is 9.98. The van der Waals surface area contributed by atoms with Crippen molar-refractivity contribution in [2.24, 2.45) is 5.92 Å². The van der Waals surface area contributed by atoms with Gasteiger partial charge in [0.15, 0.2) is 0 Å². The summed E-state index contributed by atoms with van der Waals surface area (Å²) >= 11 is 0. The van der Waals surface area contributed by atoms with Gasteiger partial charge >= 0.3 is 0 Å². The summed E-state index contributed by atoms with van der Waals surface area (Å²) in [4.78, 5) is 6.39. The molecule has 3 nitrogen and oxygen atoms in total. The van der Waals surface area contributed by atoms with E-state index >= 15 is 0 Å². The fourth-order valence-corrected chi connectivity index (χ4v) is 2.07. The molecule has 0 aliphatic rings. The average Bonchev–Trinajstić information content (AvgIpc) is 2.37. The lowest BCUT2D eigenvalue weighted by Gasteiger charge is -2.20. The SMILES string of the molecule is CC(C)CCC(C)NCCN(C)Cc1ccncc1. The molecule has 1 aromatic rings. The number of aromatic nitrogens is 1. The largest absolute Gasteiger partial charge is 0.313 e. The van der Waals surface area contributed by atoms with E-state index in [0.717, 1.165) is 25.6 Å². The summed E-state index contributed by atoms with van der Waals surface area (Å²) < 4.78 is 0. The molecular formula is C16H29N3. The van der Waals surface area contributed by atoms with E-state index in [1.54, 1.807) is 0 Å². The van der Waals surface area contributed by atoms with Crippen molar-refractivity contribution < 1.29 is 0 Å². The average molecular weight is 263 g/mol. The second-order valence-electron chi connectivity index (χ2n) is 5.92. The third-order valence-electron chi connectivity index (χ3n) is 3.37. The van der Waals surface area contributed by atoms with Crippen molar-refractivity contribution in [3.8, 4) is 0 Å². The first kappa shape index (κ1) is 16.1. The lowest BCUT2D eigenvalue weighted by Crippen LogP contribution is -2.34. The van der Waals surface area contributed by atoms with Gasteiger partial charge in [-0.05, 0) is 50.4 Å². The van der Waals surface area contributed by atoms with Gasteiger partial charge in [-0.15, -0.1) is 0 Å². The predicted octanol–water partition coefficient (Wildman–Crippen LogP) is 2.93. The van der Waals surface area contributed by atoms with Crippen molar-refractivity contribution in [1.29, 1.82) is 0 Å². The Morgan fingerprint density at radius 1 is 1.16 bits per heavy atom. The van der Waals surface area contributed by atoms with E-state index < -0.39 is 0 Å². The minimum atomic E-state index is 0.622. The van der Waals surface area contributed by atoms with Gasteiger partial charge in [-0.3, -0.25) is 4.98 Å². The summed E-state index contributed by atoms with van der Waals surface area (Å²) in [5.41, 5.74) is 1.32. The molecule has 0 bridgehead atoms. The van der Waals surface area contributed by atoms with Crippen molar-refractivity contribution >= 4 is 0 Å². The lowest BCUT2D eigenvalue weighted by atomic mass is 10.0. The molecule has 3 heteroatoms. The van der Waals surface area contributed by atoms with E-state index in [1.807, 2.05) is 12.4 Å². The van der Waals surface area contributed by atoms with Gasteiger partial charge in [0.2, 0.25) is 0 Å². The van der Waals surface area contributed by atoms with Crippen LogP contribution in [-0.2, 0) is 6.54 Å². The molecule has 0 fully saturated rings. The normalized spacial score (nSPS) is 13.2. The quantitative estimate of drug-likeness (QED) is 0.742. The van der Waals surface area contributed by atoms with Crippen molar-refractivity contribution in [3.05, 3.63) is 30.1 Å². The smallest absolute Gasteiger partial charge is 0.0271 e. The molecule has 0 spiro atoms. The Morgan fingerprint density at radius 3 is 2.47 bits per heavy atom. The molecule has 0 aliphatic carbocycles. The summed E-state index contributed by atoms with van der Waals surface area (Å²) in [5.74, 6) is 0.804. The molecule has 0 aliphatic heterocycles. The monoisotopic (exact) mass is 263 g/mol. The Morgan fingerprint density at radius 2 is 1.84 bits per heavy atom. The van der Waals surface area contributed by atoms with Crippen molar-refractivity contribution in [2.45, 2.75) is 46.2 Å². The van der Waals surface area contributed by atoms with Crippen LogP contribution in [0.2, 0.25) is 0 Å². The minimum Gasteiger partial charge on any atom is -0.313 e. The van der Waals surface area contributed by atoms with Crippen LogP contribution in [0.3, 0.4) is 0 Å². The fraction of sp³-hybridized carbons (Fsp3) is 0.688. The van der Waals surface area contributed by atoms with E-state index in [-0.39, 0.29) is 0 Å². The fourth-order valence-electron chi connectivity index (χ4n) is 2.07. The molecule has 1 rings (SSSR count). The van der Waals surface area contributed by atoms with E-state index in [9.17, 15) is 0 Å². The van der Waals surface area contributed by atoms with Crippen LogP contribution in [-0.4, -0.2) is 36.1 Å². The number of hydrogen-bond donors (Lipinski definition) is 1. The summed E-state index contributed by atoms with van der Waals surface area (Å²) in [5, 5.41) is 3.60. The number of rotatable bonds is 9. The van der Waals surface area contributed by atoms with Crippen molar-refractivity contribution in [1.82, 2.24) is 15.2 Å². The molecule has 1 N–H and O–H groups in total. The molecule has 1 atom stereocenters. The molecule has 19 heavy (non-hydrogen) atoms. The van der Waals surface area contributed by atoms with Crippen LogP contribution < -0.4 is 5.32 Å². The Balaban J connectivity index is 2.11. The van der Waals surface area contributed by atoms with Gasteiger partial charge in [0.25, 0.3) is 0 Å². The maximum Gasteiger partial charge on any atom is 0.0271 e. The first-order chi connectivity index (χ1) is 9.08. The Labute approximate surface area is 118 Å². The number of nitrogens with zero attached hydrogens (tertiary/aromatic N) is 2. The highest BCUT2D eigenvalue weighted by Crippen LogP contribution is 2.06. The zero-order chi connectivity index (χ0) is 14.1. The van der Waals surface area contributed by atoms with Gasteiger partial charge in [0, 0.05) is 38.1 Å². The van der Waals surface area contributed by atoms with Crippen LogP contribution in [0.25, 0.3) is 0 Å². The molecule has 1 aromatic heterocycles. The lowest BCUT2D eigenvalue weighted by molar-refractivity contribution is 0.314. The van der Waals surface area contributed by atoms with Gasteiger partial charge < -0.3 is 10.2 Å². The second kappa shape index (κ2) is 9.05. The highest BCUT2D eigenvalue weighted by molar-refractivity contribution is 5.09. The molecule has 0 amide bonds. The maximum absolute atomic E-state index is 4.04. The van der Waals surface area contributed by atoms with Crippen LogP contribution in [0.4, 0.5) is 0 Å².